The molecule has 7 nitrogen and oxygen atoms in total. The molecule has 0 bridgehead atoms. The number of hydrogen-bond acceptors (Lipinski definition) is 8. The van der Waals surface area contributed by atoms with Gasteiger partial charge in [-0.2, -0.15) is 4.98 Å². The minimum absolute atomic E-state index is 0.459. The van der Waals surface area contributed by atoms with Crippen molar-refractivity contribution in [3.63, 3.8) is 0 Å². The monoisotopic (exact) mass is 542 g/mol. The number of nitrogens with one attached hydrogen (secondary N) is 1. The van der Waals surface area contributed by atoms with Crippen LogP contribution in [0.25, 0.3) is 11.3 Å². The van der Waals surface area contributed by atoms with E-state index in [0.717, 1.165) is 34.6 Å². The van der Waals surface area contributed by atoms with Crippen LogP contribution in [0.4, 0.5) is 5.69 Å². The number of nitrogens with zero attached hydrogens (tertiary/aromatic N) is 3. The smallest absolute Gasteiger partial charge is 0.247 e. The van der Waals surface area contributed by atoms with E-state index in [2.05, 4.69) is 22.4 Å². The molecule has 0 fully saturated rings. The SMILES string of the molecule is CCCCCCSc1nnc2c(n1)O[C@@H](c1ccc(OCc3ccccc3)c(OCC)c1)Nc1ccccc1-2. The van der Waals surface area contributed by atoms with Gasteiger partial charge in [0, 0.05) is 22.6 Å². The minimum Gasteiger partial charge on any atom is -0.490 e. The topological polar surface area (TPSA) is 78.4 Å². The van der Waals surface area contributed by atoms with Gasteiger partial charge in [0.25, 0.3) is 0 Å². The number of rotatable bonds is 12. The molecule has 0 radical (unpaired) electrons. The number of fused-ring (bicyclic) bond motifs is 3. The summed E-state index contributed by atoms with van der Waals surface area (Å²) in [6, 6.07) is 24.0. The number of benzene rings is 3. The van der Waals surface area contributed by atoms with Crippen LogP contribution in [-0.2, 0) is 6.61 Å². The van der Waals surface area contributed by atoms with Gasteiger partial charge < -0.3 is 19.5 Å². The predicted molar refractivity (Wildman–Crippen MR) is 156 cm³/mol. The van der Waals surface area contributed by atoms with E-state index in [-0.39, 0.29) is 0 Å². The number of unbranched alkanes of at least 4 members (excludes halogenated alkanes) is 3. The number of hydrogen-bond donors (Lipinski definition) is 1. The average Bonchev–Trinajstić information content (AvgIpc) is 3.14. The first-order valence-electron chi connectivity index (χ1n) is 13.6. The van der Waals surface area contributed by atoms with Crippen molar-refractivity contribution in [2.75, 3.05) is 17.7 Å². The van der Waals surface area contributed by atoms with Crippen molar-refractivity contribution >= 4 is 17.4 Å². The van der Waals surface area contributed by atoms with Crippen LogP contribution in [0.5, 0.6) is 17.4 Å². The standard InChI is InChI=1S/C31H34N4O3S/c1-3-5-6-12-19-39-31-33-30-28(34-35-31)24-15-10-11-16-25(24)32-29(38-30)23-17-18-26(27(20-23)36-4-2)37-21-22-13-8-7-9-14-22/h7-11,13-18,20,29,32H,3-6,12,19,21H2,1-2H3/t29-/m0/s1. The van der Waals surface area contributed by atoms with Gasteiger partial charge in [-0.15, -0.1) is 10.2 Å². The second-order valence-corrected chi connectivity index (χ2v) is 10.3. The zero-order valence-electron chi connectivity index (χ0n) is 22.4. The lowest BCUT2D eigenvalue weighted by molar-refractivity contribution is 0.223. The van der Waals surface area contributed by atoms with Gasteiger partial charge in [0.2, 0.25) is 11.0 Å². The highest BCUT2D eigenvalue weighted by atomic mass is 32.2. The lowest BCUT2D eigenvalue weighted by atomic mass is 10.1. The van der Waals surface area contributed by atoms with E-state index in [4.69, 9.17) is 19.2 Å². The van der Waals surface area contributed by atoms with Crippen molar-refractivity contribution in [1.82, 2.24) is 15.2 Å². The molecule has 0 amide bonds. The normalized spacial score (nSPS) is 13.8. The van der Waals surface area contributed by atoms with Gasteiger partial charge in [-0.1, -0.05) is 86.5 Å². The Kier molecular flexibility index (Phi) is 9.17. The number of thioether (sulfide) groups is 1. The molecule has 0 unspecified atom stereocenters. The summed E-state index contributed by atoms with van der Waals surface area (Å²) in [5.41, 5.74) is 4.42. The summed E-state index contributed by atoms with van der Waals surface area (Å²) in [6.07, 6.45) is 4.30. The van der Waals surface area contributed by atoms with E-state index >= 15 is 0 Å². The molecule has 202 valence electrons. The summed E-state index contributed by atoms with van der Waals surface area (Å²) in [5.74, 6) is 2.77. The lowest BCUT2D eigenvalue weighted by Crippen LogP contribution is -2.17. The van der Waals surface area contributed by atoms with Gasteiger partial charge in [-0.05, 0) is 43.2 Å². The Bertz CT molecular complexity index is 1370. The largest absolute Gasteiger partial charge is 0.490 e. The maximum absolute atomic E-state index is 6.48. The molecule has 1 N–H and O–H groups in total. The highest BCUT2D eigenvalue weighted by Gasteiger charge is 2.27. The van der Waals surface area contributed by atoms with Crippen LogP contribution in [0.2, 0.25) is 0 Å². The van der Waals surface area contributed by atoms with Gasteiger partial charge >= 0.3 is 0 Å². The molecule has 2 heterocycles. The first-order chi connectivity index (χ1) is 19.2. The van der Waals surface area contributed by atoms with Crippen molar-refractivity contribution in [2.45, 2.75) is 57.5 Å². The Labute approximate surface area is 234 Å². The molecule has 5 rings (SSSR count). The first-order valence-corrected chi connectivity index (χ1v) is 14.6. The van der Waals surface area contributed by atoms with E-state index in [9.17, 15) is 0 Å². The third-order valence-corrected chi connectivity index (χ3v) is 7.29. The number of anilines is 1. The molecule has 39 heavy (non-hydrogen) atoms. The number of ether oxygens (including phenoxy) is 3. The summed E-state index contributed by atoms with van der Waals surface area (Å²) >= 11 is 1.62. The molecule has 1 aromatic heterocycles. The highest BCUT2D eigenvalue weighted by Crippen LogP contribution is 2.41. The Hall–Kier alpha value is -3.78. The molecule has 1 aliphatic rings. The van der Waals surface area contributed by atoms with Gasteiger partial charge in [-0.25, -0.2) is 0 Å². The van der Waals surface area contributed by atoms with Gasteiger partial charge in [0.05, 0.1) is 6.61 Å². The molecule has 4 aromatic rings. The van der Waals surface area contributed by atoms with E-state index in [1.807, 2.05) is 79.7 Å². The van der Waals surface area contributed by atoms with Crippen LogP contribution in [0.3, 0.4) is 0 Å². The number of para-hydroxylation sites is 1. The fourth-order valence-electron chi connectivity index (χ4n) is 4.36. The Morgan fingerprint density at radius 2 is 1.72 bits per heavy atom. The van der Waals surface area contributed by atoms with E-state index in [1.54, 1.807) is 11.8 Å². The van der Waals surface area contributed by atoms with E-state index in [1.165, 1.54) is 19.3 Å². The molecule has 3 aromatic carbocycles. The van der Waals surface area contributed by atoms with Gasteiger partial charge in [-0.3, -0.25) is 0 Å². The quantitative estimate of drug-likeness (QED) is 0.144. The fourth-order valence-corrected chi connectivity index (χ4v) is 5.14. The van der Waals surface area contributed by atoms with Crippen LogP contribution in [0, 0.1) is 0 Å². The maximum atomic E-state index is 6.48. The fraction of sp³-hybridized carbons (Fsp3) is 0.323. The minimum atomic E-state index is -0.506. The summed E-state index contributed by atoms with van der Waals surface area (Å²) in [6.45, 7) is 5.16. The zero-order chi connectivity index (χ0) is 26.9. The van der Waals surface area contributed by atoms with Crippen molar-refractivity contribution in [2.24, 2.45) is 0 Å². The summed E-state index contributed by atoms with van der Waals surface area (Å²) in [7, 11) is 0. The van der Waals surface area contributed by atoms with Crippen LogP contribution < -0.4 is 19.5 Å². The van der Waals surface area contributed by atoms with Gasteiger partial charge in [0.15, 0.2) is 23.4 Å². The Balaban J connectivity index is 1.40. The van der Waals surface area contributed by atoms with E-state index < -0.39 is 6.23 Å². The van der Waals surface area contributed by atoms with Crippen molar-refractivity contribution in [3.8, 4) is 28.6 Å². The van der Waals surface area contributed by atoms with Crippen molar-refractivity contribution in [3.05, 3.63) is 83.9 Å². The Morgan fingerprint density at radius 1 is 0.872 bits per heavy atom. The third-order valence-electron chi connectivity index (χ3n) is 6.37. The first kappa shape index (κ1) is 26.8. The zero-order valence-corrected chi connectivity index (χ0v) is 23.2. The van der Waals surface area contributed by atoms with Crippen LogP contribution in [0.1, 0.15) is 56.9 Å². The van der Waals surface area contributed by atoms with Crippen LogP contribution in [0.15, 0.2) is 78.0 Å². The Morgan fingerprint density at radius 3 is 2.56 bits per heavy atom. The molecular formula is C31H34N4O3S. The second kappa shape index (κ2) is 13.3. The summed E-state index contributed by atoms with van der Waals surface area (Å²) < 4.78 is 18.6. The third kappa shape index (κ3) is 6.81. The molecule has 1 atom stereocenters. The summed E-state index contributed by atoms with van der Waals surface area (Å²) in [4.78, 5) is 4.78. The maximum Gasteiger partial charge on any atom is 0.247 e. The molecule has 0 aliphatic carbocycles. The predicted octanol–water partition coefficient (Wildman–Crippen LogP) is 7.69. The van der Waals surface area contributed by atoms with E-state index in [0.29, 0.717) is 41.4 Å². The average molecular weight is 543 g/mol. The lowest BCUT2D eigenvalue weighted by Gasteiger charge is -2.21. The highest BCUT2D eigenvalue weighted by molar-refractivity contribution is 7.99. The molecule has 0 saturated heterocycles. The molecule has 8 heteroatoms. The molecule has 0 spiro atoms. The van der Waals surface area contributed by atoms with Crippen LogP contribution >= 0.6 is 11.8 Å². The summed E-state index contributed by atoms with van der Waals surface area (Å²) in [5, 5.41) is 13.1. The number of aromatic nitrogens is 3. The van der Waals surface area contributed by atoms with Crippen molar-refractivity contribution in [1.29, 1.82) is 0 Å². The van der Waals surface area contributed by atoms with Crippen LogP contribution in [-0.4, -0.2) is 27.5 Å². The van der Waals surface area contributed by atoms with Crippen molar-refractivity contribution < 1.29 is 14.2 Å². The molecular weight excluding hydrogens is 508 g/mol. The molecule has 1 aliphatic heterocycles. The van der Waals surface area contributed by atoms with Gasteiger partial charge in [0.1, 0.15) is 6.61 Å². The molecule has 0 saturated carbocycles. The second-order valence-electron chi connectivity index (χ2n) is 9.26.